The zero-order valence-electron chi connectivity index (χ0n) is 8.05. The molecule has 2 rings (SSSR count). The lowest BCUT2D eigenvalue weighted by Gasteiger charge is -1.93. The van der Waals surface area contributed by atoms with Crippen LogP contribution in [0.5, 0.6) is 0 Å². The molecule has 0 aliphatic carbocycles. The van der Waals surface area contributed by atoms with E-state index in [0.29, 0.717) is 10.8 Å². The Labute approximate surface area is 95.1 Å². The molecule has 1 aromatic carbocycles. The third-order valence-corrected chi connectivity index (χ3v) is 2.42. The fourth-order valence-corrected chi connectivity index (χ4v) is 1.52. The number of hydrogen-bond acceptors (Lipinski definition) is 5. The molecule has 0 N–H and O–H groups in total. The topological polar surface area (TPSA) is 62.7 Å². The summed E-state index contributed by atoms with van der Waals surface area (Å²) in [6.45, 7) is 0. The zero-order chi connectivity index (χ0) is 11.4. The van der Waals surface area contributed by atoms with E-state index in [9.17, 15) is 4.39 Å². The molecular weight excluding hydrogens is 229 g/mol. The predicted octanol–water partition coefficient (Wildman–Crippen LogP) is 2.49. The van der Waals surface area contributed by atoms with Crippen molar-refractivity contribution in [3.63, 3.8) is 0 Å². The molecule has 0 radical (unpaired) electrons. The van der Waals surface area contributed by atoms with Crippen molar-refractivity contribution in [3.8, 4) is 17.5 Å². The van der Waals surface area contributed by atoms with Crippen LogP contribution in [0, 0.1) is 17.1 Å². The number of nitrogens with zero attached hydrogens (tertiary/aromatic N) is 3. The first-order valence-electron chi connectivity index (χ1n) is 4.39. The van der Waals surface area contributed by atoms with Crippen LogP contribution in [0.1, 0.15) is 0 Å². The molecule has 1 aromatic heterocycles. The van der Waals surface area contributed by atoms with Crippen LogP contribution in [-0.2, 0) is 0 Å². The standard InChI is InChI=1S/C10H6FN3OS/c11-8-3-1-2-7(6-8)9-13-14-10(15-9)16-5-4-12/h1-3,6H,5H2. The Bertz CT molecular complexity index is 535. The largest absolute Gasteiger partial charge is 0.411 e. The molecule has 6 heteroatoms. The van der Waals surface area contributed by atoms with Crippen LogP contribution in [0.3, 0.4) is 0 Å². The SMILES string of the molecule is N#CCSc1nnc(-c2cccc(F)c2)o1. The molecule has 0 fully saturated rings. The van der Waals surface area contributed by atoms with Gasteiger partial charge in [0.2, 0.25) is 5.89 Å². The van der Waals surface area contributed by atoms with Gasteiger partial charge in [0.15, 0.2) is 0 Å². The van der Waals surface area contributed by atoms with Crippen molar-refractivity contribution >= 4 is 11.8 Å². The van der Waals surface area contributed by atoms with E-state index in [1.807, 2.05) is 6.07 Å². The van der Waals surface area contributed by atoms with Crippen molar-refractivity contribution in [3.05, 3.63) is 30.1 Å². The maximum Gasteiger partial charge on any atom is 0.277 e. The molecule has 0 aliphatic rings. The van der Waals surface area contributed by atoms with Crippen LogP contribution in [0.4, 0.5) is 4.39 Å². The summed E-state index contributed by atoms with van der Waals surface area (Å²) >= 11 is 1.14. The molecule has 1 heterocycles. The van der Waals surface area contributed by atoms with Gasteiger partial charge in [0.25, 0.3) is 5.22 Å². The Morgan fingerprint density at radius 3 is 3.06 bits per heavy atom. The van der Waals surface area contributed by atoms with E-state index in [4.69, 9.17) is 9.68 Å². The number of nitriles is 1. The lowest BCUT2D eigenvalue weighted by Crippen LogP contribution is -1.79. The molecule has 0 saturated carbocycles. The van der Waals surface area contributed by atoms with Crippen LogP contribution in [0.15, 0.2) is 33.9 Å². The second-order valence-corrected chi connectivity index (χ2v) is 3.76. The molecule has 0 aliphatic heterocycles. The van der Waals surface area contributed by atoms with Gasteiger partial charge in [-0.1, -0.05) is 17.8 Å². The highest BCUT2D eigenvalue weighted by Crippen LogP contribution is 2.23. The number of aromatic nitrogens is 2. The summed E-state index contributed by atoms with van der Waals surface area (Å²) in [5, 5.41) is 16.2. The highest BCUT2D eigenvalue weighted by molar-refractivity contribution is 7.99. The minimum atomic E-state index is -0.359. The van der Waals surface area contributed by atoms with Crippen molar-refractivity contribution in [1.29, 1.82) is 5.26 Å². The maximum atomic E-state index is 12.9. The zero-order valence-corrected chi connectivity index (χ0v) is 8.87. The fourth-order valence-electron chi connectivity index (χ4n) is 1.10. The van der Waals surface area contributed by atoms with E-state index in [1.165, 1.54) is 12.1 Å². The van der Waals surface area contributed by atoms with E-state index < -0.39 is 0 Å². The van der Waals surface area contributed by atoms with Gasteiger partial charge in [0.05, 0.1) is 11.8 Å². The molecule has 0 atom stereocenters. The number of hydrogen-bond donors (Lipinski definition) is 0. The van der Waals surface area contributed by atoms with Crippen LogP contribution in [0.2, 0.25) is 0 Å². The smallest absolute Gasteiger partial charge is 0.277 e. The molecule has 2 aromatic rings. The Hall–Kier alpha value is -1.87. The average Bonchev–Trinajstić information content (AvgIpc) is 2.75. The first-order chi connectivity index (χ1) is 7.79. The molecule has 0 bridgehead atoms. The Morgan fingerprint density at radius 1 is 1.44 bits per heavy atom. The average molecular weight is 235 g/mol. The van der Waals surface area contributed by atoms with Crippen molar-refractivity contribution in [1.82, 2.24) is 10.2 Å². The molecule has 80 valence electrons. The van der Waals surface area contributed by atoms with Gasteiger partial charge in [-0.2, -0.15) is 5.26 Å². The lowest BCUT2D eigenvalue weighted by atomic mass is 10.2. The summed E-state index contributed by atoms with van der Waals surface area (Å²) in [6, 6.07) is 7.84. The third-order valence-electron chi connectivity index (χ3n) is 1.74. The Balaban J connectivity index is 2.22. The summed E-state index contributed by atoms with van der Waals surface area (Å²) in [4.78, 5) is 0. The van der Waals surface area contributed by atoms with E-state index in [-0.39, 0.29) is 17.5 Å². The predicted molar refractivity (Wildman–Crippen MR) is 56.0 cm³/mol. The van der Waals surface area contributed by atoms with Gasteiger partial charge in [0, 0.05) is 5.56 Å². The number of benzene rings is 1. The van der Waals surface area contributed by atoms with Crippen LogP contribution < -0.4 is 0 Å². The second kappa shape index (κ2) is 4.77. The normalized spacial score (nSPS) is 10.0. The minimum Gasteiger partial charge on any atom is -0.411 e. The summed E-state index contributed by atoms with van der Waals surface area (Å²) in [6.07, 6.45) is 0. The van der Waals surface area contributed by atoms with Gasteiger partial charge in [-0.15, -0.1) is 10.2 Å². The van der Waals surface area contributed by atoms with E-state index in [2.05, 4.69) is 10.2 Å². The van der Waals surface area contributed by atoms with Crippen molar-refractivity contribution in [2.24, 2.45) is 0 Å². The van der Waals surface area contributed by atoms with Gasteiger partial charge >= 0.3 is 0 Å². The van der Waals surface area contributed by atoms with Gasteiger partial charge in [-0.3, -0.25) is 0 Å². The van der Waals surface area contributed by atoms with E-state index in [1.54, 1.807) is 12.1 Å². The van der Waals surface area contributed by atoms with Gasteiger partial charge < -0.3 is 4.42 Å². The quantitative estimate of drug-likeness (QED) is 0.765. The van der Waals surface area contributed by atoms with Crippen LogP contribution >= 0.6 is 11.8 Å². The first kappa shape index (κ1) is 10.6. The van der Waals surface area contributed by atoms with Crippen LogP contribution in [0.25, 0.3) is 11.5 Å². The molecule has 16 heavy (non-hydrogen) atoms. The third kappa shape index (κ3) is 2.38. The van der Waals surface area contributed by atoms with Crippen molar-refractivity contribution in [2.75, 3.05) is 5.75 Å². The van der Waals surface area contributed by atoms with Crippen LogP contribution in [-0.4, -0.2) is 16.0 Å². The Morgan fingerprint density at radius 2 is 2.31 bits per heavy atom. The first-order valence-corrected chi connectivity index (χ1v) is 5.37. The summed E-state index contributed by atoms with van der Waals surface area (Å²) in [5.41, 5.74) is 0.524. The summed E-state index contributed by atoms with van der Waals surface area (Å²) in [5.74, 6) is 0.131. The minimum absolute atomic E-state index is 0.241. The molecule has 4 nitrogen and oxygen atoms in total. The summed E-state index contributed by atoms with van der Waals surface area (Å²) in [7, 11) is 0. The fraction of sp³-hybridized carbons (Fsp3) is 0.100. The van der Waals surface area contributed by atoms with E-state index in [0.717, 1.165) is 11.8 Å². The molecule has 0 amide bonds. The molecule has 0 saturated heterocycles. The second-order valence-electron chi connectivity index (χ2n) is 2.83. The van der Waals surface area contributed by atoms with Gasteiger partial charge in [-0.05, 0) is 18.2 Å². The Kier molecular flexibility index (Phi) is 3.17. The number of thioether (sulfide) groups is 1. The molecule has 0 spiro atoms. The van der Waals surface area contributed by atoms with E-state index >= 15 is 0 Å². The highest BCUT2D eigenvalue weighted by atomic mass is 32.2. The van der Waals surface area contributed by atoms with Crippen molar-refractivity contribution < 1.29 is 8.81 Å². The molecule has 0 unspecified atom stereocenters. The van der Waals surface area contributed by atoms with Crippen molar-refractivity contribution in [2.45, 2.75) is 5.22 Å². The maximum absolute atomic E-state index is 12.9. The monoisotopic (exact) mass is 235 g/mol. The number of halogens is 1. The molecular formula is C10H6FN3OS. The highest BCUT2D eigenvalue weighted by Gasteiger charge is 2.09. The van der Waals surface area contributed by atoms with Gasteiger partial charge in [0.1, 0.15) is 5.82 Å². The van der Waals surface area contributed by atoms with Gasteiger partial charge in [-0.25, -0.2) is 4.39 Å². The summed E-state index contributed by atoms with van der Waals surface area (Å²) < 4.78 is 18.2. The lowest BCUT2D eigenvalue weighted by molar-refractivity contribution is 0.466. The number of rotatable bonds is 3.